The molecule has 2 rings (SSSR count). The molecule has 1 aliphatic heterocycles. The second kappa shape index (κ2) is 6.05. The normalized spacial score (nSPS) is 19.3. The maximum atomic E-state index is 9.12. The van der Waals surface area contributed by atoms with Gasteiger partial charge in [0, 0.05) is 31.7 Å². The van der Waals surface area contributed by atoms with Gasteiger partial charge in [0.1, 0.15) is 6.07 Å². The molecule has 1 aromatic rings. The highest BCUT2D eigenvalue weighted by atomic mass is 35.5. The molecule has 0 amide bonds. The largest absolute Gasteiger partial charge is 0.374 e. The van der Waals surface area contributed by atoms with Crippen LogP contribution in [0.15, 0.2) is 18.2 Å². The van der Waals surface area contributed by atoms with Crippen LogP contribution in [-0.4, -0.2) is 39.4 Å². The molecule has 1 unspecified atom stereocenters. The molecular weight excluding hydrogens is 250 g/mol. The molecule has 1 aliphatic rings. The molecule has 0 radical (unpaired) electrons. The van der Waals surface area contributed by atoms with E-state index in [9.17, 15) is 0 Å². The molecule has 5 heteroatoms. The van der Waals surface area contributed by atoms with Gasteiger partial charge in [-0.25, -0.2) is 0 Å². The standard InChI is InChI=1S/C13H16ClN3O/c1-17(9-12-8-16-4-5-18-12)13-3-2-11(14)6-10(13)7-15/h2-3,6,12,16H,4-5,8-9H2,1H3. The number of ether oxygens (including phenoxy) is 1. The quantitative estimate of drug-likeness (QED) is 0.903. The Balaban J connectivity index is 2.08. The lowest BCUT2D eigenvalue weighted by Gasteiger charge is -2.29. The van der Waals surface area contributed by atoms with Crippen molar-refractivity contribution < 1.29 is 4.74 Å². The third-order valence-corrected chi connectivity index (χ3v) is 3.21. The van der Waals surface area contributed by atoms with Crippen LogP contribution in [0, 0.1) is 11.3 Å². The highest BCUT2D eigenvalue weighted by Gasteiger charge is 2.17. The number of benzene rings is 1. The molecule has 1 heterocycles. The van der Waals surface area contributed by atoms with Crippen LogP contribution in [0.2, 0.25) is 5.02 Å². The number of hydrogen-bond acceptors (Lipinski definition) is 4. The molecule has 0 aromatic heterocycles. The van der Waals surface area contributed by atoms with Crippen LogP contribution in [0.4, 0.5) is 5.69 Å². The van der Waals surface area contributed by atoms with E-state index in [1.54, 1.807) is 12.1 Å². The van der Waals surface area contributed by atoms with Crippen LogP contribution in [0.1, 0.15) is 5.56 Å². The first-order chi connectivity index (χ1) is 8.70. The fraction of sp³-hybridized carbons (Fsp3) is 0.462. The van der Waals surface area contributed by atoms with E-state index < -0.39 is 0 Å². The number of hydrogen-bond donors (Lipinski definition) is 1. The average Bonchev–Trinajstić information content (AvgIpc) is 2.39. The summed E-state index contributed by atoms with van der Waals surface area (Å²) in [6.45, 7) is 3.25. The van der Waals surface area contributed by atoms with Gasteiger partial charge in [-0.1, -0.05) is 11.6 Å². The second-order valence-corrected chi connectivity index (χ2v) is 4.79. The third-order valence-electron chi connectivity index (χ3n) is 2.97. The smallest absolute Gasteiger partial charge is 0.101 e. The summed E-state index contributed by atoms with van der Waals surface area (Å²) in [5, 5.41) is 13.0. The Morgan fingerprint density at radius 3 is 3.11 bits per heavy atom. The van der Waals surface area contributed by atoms with Gasteiger partial charge in [0.2, 0.25) is 0 Å². The number of anilines is 1. The fourth-order valence-corrected chi connectivity index (χ4v) is 2.24. The third kappa shape index (κ3) is 3.14. The zero-order valence-electron chi connectivity index (χ0n) is 10.3. The predicted molar refractivity (Wildman–Crippen MR) is 72.0 cm³/mol. The molecule has 1 atom stereocenters. The summed E-state index contributed by atoms with van der Waals surface area (Å²) in [5.74, 6) is 0. The Labute approximate surface area is 112 Å². The Kier molecular flexibility index (Phi) is 4.43. The number of rotatable bonds is 3. The molecule has 0 spiro atoms. The lowest BCUT2D eigenvalue weighted by molar-refractivity contribution is 0.0340. The van der Waals surface area contributed by atoms with Crippen molar-refractivity contribution in [2.45, 2.75) is 6.10 Å². The summed E-state index contributed by atoms with van der Waals surface area (Å²) in [6.07, 6.45) is 0.158. The molecule has 0 bridgehead atoms. The van der Waals surface area contributed by atoms with E-state index in [4.69, 9.17) is 21.6 Å². The van der Waals surface area contributed by atoms with Crippen LogP contribution in [0.5, 0.6) is 0 Å². The van der Waals surface area contributed by atoms with Crippen molar-refractivity contribution in [1.82, 2.24) is 5.32 Å². The predicted octanol–water partition coefficient (Wildman–Crippen LogP) is 1.64. The highest BCUT2D eigenvalue weighted by molar-refractivity contribution is 6.30. The van der Waals surface area contributed by atoms with E-state index in [0.29, 0.717) is 10.6 Å². The zero-order chi connectivity index (χ0) is 13.0. The maximum absolute atomic E-state index is 9.12. The van der Waals surface area contributed by atoms with Crippen molar-refractivity contribution in [2.75, 3.05) is 38.2 Å². The van der Waals surface area contributed by atoms with Crippen molar-refractivity contribution in [1.29, 1.82) is 5.26 Å². The molecule has 0 saturated carbocycles. The van der Waals surface area contributed by atoms with Gasteiger partial charge in [0.15, 0.2) is 0 Å². The highest BCUT2D eigenvalue weighted by Crippen LogP contribution is 2.23. The van der Waals surface area contributed by atoms with Gasteiger partial charge in [-0.15, -0.1) is 0 Å². The number of nitriles is 1. The Morgan fingerprint density at radius 1 is 1.61 bits per heavy atom. The monoisotopic (exact) mass is 265 g/mol. The average molecular weight is 266 g/mol. The number of nitrogens with one attached hydrogen (secondary N) is 1. The van der Waals surface area contributed by atoms with Crippen LogP contribution < -0.4 is 10.2 Å². The van der Waals surface area contributed by atoms with Crippen LogP contribution in [-0.2, 0) is 4.74 Å². The van der Waals surface area contributed by atoms with Crippen molar-refractivity contribution in [3.05, 3.63) is 28.8 Å². The first-order valence-electron chi connectivity index (χ1n) is 5.94. The number of morpholine rings is 1. The Hall–Kier alpha value is -1.28. The summed E-state index contributed by atoms with van der Waals surface area (Å²) in [4.78, 5) is 2.03. The van der Waals surface area contributed by atoms with Crippen molar-refractivity contribution >= 4 is 17.3 Å². The number of likely N-dealkylation sites (N-methyl/N-ethyl adjacent to an activating group) is 1. The molecular formula is C13H16ClN3O. The minimum absolute atomic E-state index is 0.158. The second-order valence-electron chi connectivity index (χ2n) is 4.35. The van der Waals surface area contributed by atoms with Gasteiger partial charge in [0.05, 0.1) is 24.0 Å². The Bertz CT molecular complexity index is 452. The molecule has 1 fully saturated rings. The van der Waals surface area contributed by atoms with E-state index in [2.05, 4.69) is 11.4 Å². The van der Waals surface area contributed by atoms with Gasteiger partial charge in [0.25, 0.3) is 0 Å². The SMILES string of the molecule is CN(CC1CNCCO1)c1ccc(Cl)cc1C#N. The number of halogens is 1. The summed E-state index contributed by atoms with van der Waals surface area (Å²) in [6, 6.07) is 7.53. The van der Waals surface area contributed by atoms with E-state index in [1.807, 2.05) is 18.0 Å². The molecule has 1 saturated heterocycles. The van der Waals surface area contributed by atoms with Gasteiger partial charge in [-0.3, -0.25) is 0 Å². The van der Waals surface area contributed by atoms with Gasteiger partial charge in [-0.05, 0) is 18.2 Å². The minimum atomic E-state index is 0.158. The van der Waals surface area contributed by atoms with Crippen LogP contribution in [0.25, 0.3) is 0 Å². The molecule has 96 valence electrons. The molecule has 0 aliphatic carbocycles. The lowest BCUT2D eigenvalue weighted by atomic mass is 10.1. The molecule has 1 aromatic carbocycles. The van der Waals surface area contributed by atoms with E-state index in [1.165, 1.54) is 0 Å². The summed E-state index contributed by atoms with van der Waals surface area (Å²) in [5.41, 5.74) is 1.48. The van der Waals surface area contributed by atoms with Crippen molar-refractivity contribution in [3.63, 3.8) is 0 Å². The van der Waals surface area contributed by atoms with Crippen LogP contribution >= 0.6 is 11.6 Å². The van der Waals surface area contributed by atoms with Crippen LogP contribution in [0.3, 0.4) is 0 Å². The van der Waals surface area contributed by atoms with E-state index >= 15 is 0 Å². The lowest BCUT2D eigenvalue weighted by Crippen LogP contribution is -2.44. The van der Waals surface area contributed by atoms with Crippen molar-refractivity contribution in [3.8, 4) is 6.07 Å². The number of nitrogens with zero attached hydrogens (tertiary/aromatic N) is 2. The first kappa shape index (κ1) is 13.2. The topological polar surface area (TPSA) is 48.3 Å². The van der Waals surface area contributed by atoms with Gasteiger partial charge in [-0.2, -0.15) is 5.26 Å². The molecule has 1 N–H and O–H groups in total. The van der Waals surface area contributed by atoms with E-state index in [0.717, 1.165) is 31.9 Å². The minimum Gasteiger partial charge on any atom is -0.374 e. The summed E-state index contributed by atoms with van der Waals surface area (Å²) < 4.78 is 5.65. The van der Waals surface area contributed by atoms with Gasteiger partial charge >= 0.3 is 0 Å². The van der Waals surface area contributed by atoms with Gasteiger partial charge < -0.3 is 15.0 Å². The Morgan fingerprint density at radius 2 is 2.44 bits per heavy atom. The summed E-state index contributed by atoms with van der Waals surface area (Å²) in [7, 11) is 1.96. The summed E-state index contributed by atoms with van der Waals surface area (Å²) >= 11 is 5.89. The zero-order valence-corrected chi connectivity index (χ0v) is 11.1. The molecule has 4 nitrogen and oxygen atoms in total. The van der Waals surface area contributed by atoms with E-state index in [-0.39, 0.29) is 6.10 Å². The first-order valence-corrected chi connectivity index (χ1v) is 6.31. The molecule has 18 heavy (non-hydrogen) atoms. The fourth-order valence-electron chi connectivity index (χ4n) is 2.07. The maximum Gasteiger partial charge on any atom is 0.101 e. The van der Waals surface area contributed by atoms with Crippen molar-refractivity contribution in [2.24, 2.45) is 0 Å².